The highest BCUT2D eigenvalue weighted by atomic mass is 35.5. The first-order chi connectivity index (χ1) is 8.72. The molecule has 0 saturated carbocycles. The van der Waals surface area contributed by atoms with Crippen LogP contribution in [0, 0.1) is 0 Å². The predicted octanol–water partition coefficient (Wildman–Crippen LogP) is 3.69. The molecule has 0 radical (unpaired) electrons. The summed E-state index contributed by atoms with van der Waals surface area (Å²) in [6.45, 7) is 5.11. The third-order valence-corrected chi connectivity index (χ3v) is 3.41. The molecule has 0 bridgehead atoms. The van der Waals surface area contributed by atoms with Crippen LogP contribution in [0.15, 0.2) is 30.5 Å². The van der Waals surface area contributed by atoms with E-state index in [1.54, 1.807) is 0 Å². The van der Waals surface area contributed by atoms with Gasteiger partial charge >= 0.3 is 0 Å². The molecule has 2 rings (SSSR count). The summed E-state index contributed by atoms with van der Waals surface area (Å²) in [6.07, 6.45) is 4.00. The summed E-state index contributed by atoms with van der Waals surface area (Å²) in [5.41, 5.74) is 2.32. The van der Waals surface area contributed by atoms with Crippen molar-refractivity contribution in [1.82, 2.24) is 15.0 Å². The zero-order valence-electron chi connectivity index (χ0n) is 10.8. The van der Waals surface area contributed by atoms with E-state index in [4.69, 9.17) is 11.6 Å². The van der Waals surface area contributed by atoms with Crippen LogP contribution in [-0.4, -0.2) is 15.0 Å². The maximum atomic E-state index is 6.04. The monoisotopic (exact) mass is 263 g/mol. The van der Waals surface area contributed by atoms with Gasteiger partial charge in [-0.2, -0.15) is 0 Å². The van der Waals surface area contributed by atoms with E-state index >= 15 is 0 Å². The predicted molar refractivity (Wildman–Crippen MR) is 73.9 cm³/mol. The van der Waals surface area contributed by atoms with E-state index in [1.807, 2.05) is 29.1 Å². The molecule has 1 aromatic carbocycles. The zero-order chi connectivity index (χ0) is 13.0. The van der Waals surface area contributed by atoms with Gasteiger partial charge in [0.2, 0.25) is 0 Å². The SMILES string of the molecule is CCC(Cc1cn(CC)nn1)c1cccc(Cl)c1. The summed E-state index contributed by atoms with van der Waals surface area (Å²) in [5, 5.41) is 9.07. The lowest BCUT2D eigenvalue weighted by Gasteiger charge is -2.13. The molecular weight excluding hydrogens is 246 g/mol. The van der Waals surface area contributed by atoms with Crippen LogP contribution in [0.2, 0.25) is 5.02 Å². The van der Waals surface area contributed by atoms with Crippen LogP contribution in [0.25, 0.3) is 0 Å². The largest absolute Gasteiger partial charge is 0.253 e. The molecule has 0 fully saturated rings. The summed E-state index contributed by atoms with van der Waals surface area (Å²) in [4.78, 5) is 0. The number of rotatable bonds is 5. The highest BCUT2D eigenvalue weighted by Gasteiger charge is 2.12. The number of nitrogens with zero attached hydrogens (tertiary/aromatic N) is 3. The van der Waals surface area contributed by atoms with Crippen molar-refractivity contribution in [3.05, 3.63) is 46.7 Å². The van der Waals surface area contributed by atoms with Gasteiger partial charge in [0.15, 0.2) is 0 Å². The Balaban J connectivity index is 2.14. The van der Waals surface area contributed by atoms with Crippen molar-refractivity contribution in [2.45, 2.75) is 39.2 Å². The standard InChI is InChI=1S/C14H18ClN3/c1-3-11(12-6-5-7-13(15)8-12)9-14-10-18(4-2)17-16-14/h5-8,10-11H,3-4,9H2,1-2H3. The van der Waals surface area contributed by atoms with Crippen molar-refractivity contribution < 1.29 is 0 Å². The van der Waals surface area contributed by atoms with Crippen molar-refractivity contribution in [2.24, 2.45) is 0 Å². The molecule has 1 aromatic heterocycles. The molecule has 1 heterocycles. The van der Waals surface area contributed by atoms with E-state index in [0.717, 1.165) is 30.1 Å². The second kappa shape index (κ2) is 6.01. The Labute approximate surface area is 113 Å². The van der Waals surface area contributed by atoms with Crippen LogP contribution in [0.1, 0.15) is 37.4 Å². The minimum absolute atomic E-state index is 0.450. The average Bonchev–Trinajstić information content (AvgIpc) is 2.83. The molecule has 3 nitrogen and oxygen atoms in total. The number of benzene rings is 1. The summed E-state index contributed by atoms with van der Waals surface area (Å²) in [5.74, 6) is 0.450. The molecule has 0 aliphatic rings. The lowest BCUT2D eigenvalue weighted by atomic mass is 9.92. The van der Waals surface area contributed by atoms with Gasteiger partial charge in [-0.3, -0.25) is 4.68 Å². The minimum Gasteiger partial charge on any atom is -0.253 e. The summed E-state index contributed by atoms with van der Waals surface area (Å²) in [6, 6.07) is 8.08. The van der Waals surface area contributed by atoms with Gasteiger partial charge < -0.3 is 0 Å². The van der Waals surface area contributed by atoms with Crippen LogP contribution in [0.5, 0.6) is 0 Å². The fraction of sp³-hybridized carbons (Fsp3) is 0.429. The van der Waals surface area contributed by atoms with E-state index < -0.39 is 0 Å². The van der Waals surface area contributed by atoms with E-state index in [-0.39, 0.29) is 0 Å². The fourth-order valence-electron chi connectivity index (χ4n) is 2.10. The van der Waals surface area contributed by atoms with Gasteiger partial charge in [-0.05, 0) is 43.4 Å². The average molecular weight is 264 g/mol. The van der Waals surface area contributed by atoms with E-state index in [1.165, 1.54) is 5.56 Å². The van der Waals surface area contributed by atoms with Crippen molar-refractivity contribution in [1.29, 1.82) is 0 Å². The van der Waals surface area contributed by atoms with E-state index in [2.05, 4.69) is 30.2 Å². The Morgan fingerprint density at radius 2 is 2.17 bits per heavy atom. The highest BCUT2D eigenvalue weighted by Crippen LogP contribution is 2.25. The number of hydrogen-bond donors (Lipinski definition) is 0. The van der Waals surface area contributed by atoms with Crippen molar-refractivity contribution in [3.63, 3.8) is 0 Å². The van der Waals surface area contributed by atoms with Crippen molar-refractivity contribution in [3.8, 4) is 0 Å². The van der Waals surface area contributed by atoms with Crippen molar-refractivity contribution in [2.75, 3.05) is 0 Å². The van der Waals surface area contributed by atoms with Gasteiger partial charge in [-0.25, -0.2) is 0 Å². The number of aromatic nitrogens is 3. The molecular formula is C14H18ClN3. The van der Waals surface area contributed by atoms with E-state index in [9.17, 15) is 0 Å². The molecule has 1 unspecified atom stereocenters. The Morgan fingerprint density at radius 3 is 2.78 bits per heavy atom. The third kappa shape index (κ3) is 3.10. The zero-order valence-corrected chi connectivity index (χ0v) is 11.6. The molecule has 2 aromatic rings. The van der Waals surface area contributed by atoms with Crippen LogP contribution < -0.4 is 0 Å². The molecule has 1 atom stereocenters. The third-order valence-electron chi connectivity index (χ3n) is 3.18. The quantitative estimate of drug-likeness (QED) is 0.824. The van der Waals surface area contributed by atoms with E-state index in [0.29, 0.717) is 5.92 Å². The topological polar surface area (TPSA) is 30.7 Å². The molecule has 0 aliphatic heterocycles. The molecule has 0 saturated heterocycles. The Kier molecular flexibility index (Phi) is 4.37. The maximum absolute atomic E-state index is 6.04. The highest BCUT2D eigenvalue weighted by molar-refractivity contribution is 6.30. The lowest BCUT2D eigenvalue weighted by Crippen LogP contribution is -2.02. The normalized spacial score (nSPS) is 12.6. The number of hydrogen-bond acceptors (Lipinski definition) is 2. The van der Waals surface area contributed by atoms with Crippen LogP contribution in [-0.2, 0) is 13.0 Å². The number of halogens is 1. The molecule has 0 spiro atoms. The molecule has 96 valence electrons. The minimum atomic E-state index is 0.450. The van der Waals surface area contributed by atoms with Gasteiger partial charge in [-0.15, -0.1) is 5.10 Å². The van der Waals surface area contributed by atoms with Gasteiger partial charge in [0.25, 0.3) is 0 Å². The first-order valence-corrected chi connectivity index (χ1v) is 6.75. The van der Waals surface area contributed by atoms with Gasteiger partial charge in [0, 0.05) is 17.8 Å². The van der Waals surface area contributed by atoms with Crippen molar-refractivity contribution >= 4 is 11.6 Å². The summed E-state index contributed by atoms with van der Waals surface area (Å²) < 4.78 is 1.86. The Morgan fingerprint density at radius 1 is 1.33 bits per heavy atom. The Hall–Kier alpha value is -1.35. The van der Waals surface area contributed by atoms with Crippen LogP contribution in [0.3, 0.4) is 0 Å². The second-order valence-corrected chi connectivity index (χ2v) is 4.87. The fourth-order valence-corrected chi connectivity index (χ4v) is 2.30. The molecule has 4 heteroatoms. The van der Waals surface area contributed by atoms with Gasteiger partial charge in [-0.1, -0.05) is 35.9 Å². The maximum Gasteiger partial charge on any atom is 0.0833 e. The first-order valence-electron chi connectivity index (χ1n) is 6.37. The molecule has 0 aliphatic carbocycles. The smallest absolute Gasteiger partial charge is 0.0833 e. The second-order valence-electron chi connectivity index (χ2n) is 4.43. The van der Waals surface area contributed by atoms with Gasteiger partial charge in [0.05, 0.1) is 5.69 Å². The Bertz CT molecular complexity index is 507. The summed E-state index contributed by atoms with van der Waals surface area (Å²) in [7, 11) is 0. The van der Waals surface area contributed by atoms with Crippen LogP contribution >= 0.6 is 11.6 Å². The first kappa shape index (κ1) is 13.1. The van der Waals surface area contributed by atoms with Crippen LogP contribution in [0.4, 0.5) is 0 Å². The van der Waals surface area contributed by atoms with Gasteiger partial charge in [0.1, 0.15) is 0 Å². The molecule has 18 heavy (non-hydrogen) atoms. The molecule has 0 N–H and O–H groups in total. The number of aryl methyl sites for hydroxylation is 1. The lowest BCUT2D eigenvalue weighted by molar-refractivity contribution is 0.624. The summed E-state index contributed by atoms with van der Waals surface area (Å²) >= 11 is 6.04. The molecule has 0 amide bonds.